The number of carbonyl (C=O) groups is 2. The van der Waals surface area contributed by atoms with E-state index >= 15 is 0 Å². The van der Waals surface area contributed by atoms with Gasteiger partial charge in [0.25, 0.3) is 0 Å². The van der Waals surface area contributed by atoms with Crippen molar-refractivity contribution in [3.63, 3.8) is 0 Å². The molecular weight excluding hydrogens is 247 g/mol. The number of rotatable bonds is 4. The fourth-order valence-electron chi connectivity index (χ4n) is 1.53. The van der Waals surface area contributed by atoms with Crippen molar-refractivity contribution in [2.24, 2.45) is 11.8 Å². The number of aliphatic carboxylic acids is 1. The fourth-order valence-corrected chi connectivity index (χ4v) is 1.71. The van der Waals surface area contributed by atoms with Crippen molar-refractivity contribution in [3.8, 4) is 0 Å². The van der Waals surface area contributed by atoms with Gasteiger partial charge in [-0.25, -0.2) is 4.39 Å². The van der Waals surface area contributed by atoms with Gasteiger partial charge in [0, 0.05) is 5.56 Å². The van der Waals surface area contributed by atoms with Crippen LogP contribution in [0.5, 0.6) is 0 Å². The first-order valence-electron chi connectivity index (χ1n) is 5.06. The third kappa shape index (κ3) is 3.03. The zero-order valence-electron chi connectivity index (χ0n) is 9.41. The van der Waals surface area contributed by atoms with Gasteiger partial charge in [0.1, 0.15) is 11.7 Å². The Bertz CT molecular complexity index is 457. The van der Waals surface area contributed by atoms with Gasteiger partial charge in [-0.15, -0.1) is 0 Å². The Hall–Kier alpha value is -1.42. The van der Waals surface area contributed by atoms with Crippen LogP contribution in [-0.4, -0.2) is 16.9 Å². The van der Waals surface area contributed by atoms with E-state index in [-0.39, 0.29) is 16.5 Å². The van der Waals surface area contributed by atoms with E-state index < -0.39 is 23.5 Å². The Balaban J connectivity index is 3.10. The smallest absolute Gasteiger partial charge is 0.314 e. The number of hydrogen-bond donors (Lipinski definition) is 1. The molecule has 5 heteroatoms. The maximum Gasteiger partial charge on any atom is 0.314 e. The molecule has 0 fully saturated rings. The second-order valence-electron chi connectivity index (χ2n) is 4.05. The van der Waals surface area contributed by atoms with Crippen molar-refractivity contribution in [2.75, 3.05) is 0 Å². The molecule has 0 spiro atoms. The second kappa shape index (κ2) is 5.27. The first-order valence-corrected chi connectivity index (χ1v) is 5.44. The van der Waals surface area contributed by atoms with Crippen LogP contribution < -0.4 is 0 Å². The maximum absolute atomic E-state index is 12.9. The van der Waals surface area contributed by atoms with Crippen LogP contribution in [0.4, 0.5) is 4.39 Å². The molecule has 0 saturated heterocycles. The lowest BCUT2D eigenvalue weighted by Crippen LogP contribution is -2.28. The quantitative estimate of drug-likeness (QED) is 0.667. The molecule has 1 aromatic carbocycles. The van der Waals surface area contributed by atoms with Crippen molar-refractivity contribution in [2.45, 2.75) is 13.8 Å². The normalized spacial score (nSPS) is 12.5. The Morgan fingerprint density at radius 2 is 1.94 bits per heavy atom. The van der Waals surface area contributed by atoms with E-state index in [4.69, 9.17) is 16.7 Å². The highest BCUT2D eigenvalue weighted by Crippen LogP contribution is 2.22. The van der Waals surface area contributed by atoms with Gasteiger partial charge >= 0.3 is 5.97 Å². The van der Waals surface area contributed by atoms with E-state index in [9.17, 15) is 14.0 Å². The van der Waals surface area contributed by atoms with Crippen LogP contribution in [0.1, 0.15) is 24.2 Å². The Morgan fingerprint density at radius 1 is 1.35 bits per heavy atom. The van der Waals surface area contributed by atoms with Crippen LogP contribution in [0.15, 0.2) is 18.2 Å². The third-order valence-corrected chi connectivity index (χ3v) is 2.71. The predicted octanol–water partition coefficient (Wildman–Crippen LogP) is 3.02. The van der Waals surface area contributed by atoms with Gasteiger partial charge in [-0.05, 0) is 24.1 Å². The van der Waals surface area contributed by atoms with Crippen LogP contribution in [0.3, 0.4) is 0 Å². The van der Waals surface area contributed by atoms with Crippen LogP contribution >= 0.6 is 11.6 Å². The number of carboxylic acid groups (broad SMARTS) is 1. The van der Waals surface area contributed by atoms with Crippen LogP contribution in [0, 0.1) is 17.7 Å². The molecule has 17 heavy (non-hydrogen) atoms. The van der Waals surface area contributed by atoms with Gasteiger partial charge in [-0.2, -0.15) is 0 Å². The van der Waals surface area contributed by atoms with E-state index in [1.54, 1.807) is 13.8 Å². The van der Waals surface area contributed by atoms with Crippen LogP contribution in [0.25, 0.3) is 0 Å². The van der Waals surface area contributed by atoms with Crippen LogP contribution in [0.2, 0.25) is 5.02 Å². The number of carbonyl (C=O) groups excluding carboxylic acids is 1. The molecule has 0 aromatic heterocycles. The van der Waals surface area contributed by atoms with E-state index in [2.05, 4.69) is 0 Å². The minimum atomic E-state index is -1.19. The highest BCUT2D eigenvalue weighted by molar-refractivity contribution is 6.31. The molecule has 3 nitrogen and oxygen atoms in total. The third-order valence-electron chi connectivity index (χ3n) is 2.42. The summed E-state index contributed by atoms with van der Waals surface area (Å²) >= 11 is 5.55. The van der Waals surface area contributed by atoms with E-state index in [0.717, 1.165) is 12.1 Å². The largest absolute Gasteiger partial charge is 0.481 e. The van der Waals surface area contributed by atoms with Gasteiger partial charge in [0.2, 0.25) is 0 Å². The lowest BCUT2D eigenvalue weighted by atomic mass is 9.88. The number of Topliss-reactive ketones (excluding diaryl/α,β-unsaturated/α-hetero) is 1. The maximum atomic E-state index is 12.9. The molecule has 0 aliphatic carbocycles. The summed E-state index contributed by atoms with van der Waals surface area (Å²) in [5.74, 6) is -3.88. The Labute approximate surface area is 103 Å². The first kappa shape index (κ1) is 13.6. The molecule has 1 rings (SSSR count). The Morgan fingerprint density at radius 3 is 2.35 bits per heavy atom. The molecule has 0 radical (unpaired) electrons. The monoisotopic (exact) mass is 258 g/mol. The predicted molar refractivity (Wildman–Crippen MR) is 61.7 cm³/mol. The molecule has 0 saturated carbocycles. The van der Waals surface area contributed by atoms with Crippen molar-refractivity contribution in [1.29, 1.82) is 0 Å². The molecule has 0 bridgehead atoms. The summed E-state index contributed by atoms with van der Waals surface area (Å²) in [6.45, 7) is 3.28. The molecular formula is C12H12ClFO3. The number of benzene rings is 1. The molecule has 0 amide bonds. The molecule has 1 atom stereocenters. The lowest BCUT2D eigenvalue weighted by Gasteiger charge is -2.14. The molecule has 1 N–H and O–H groups in total. The minimum Gasteiger partial charge on any atom is -0.481 e. The van der Waals surface area contributed by atoms with Crippen molar-refractivity contribution >= 4 is 23.4 Å². The van der Waals surface area contributed by atoms with E-state index in [1.165, 1.54) is 6.07 Å². The topological polar surface area (TPSA) is 54.4 Å². The van der Waals surface area contributed by atoms with E-state index in [0.29, 0.717) is 0 Å². The van der Waals surface area contributed by atoms with Gasteiger partial charge in [0.05, 0.1) is 5.02 Å². The molecule has 0 heterocycles. The first-order chi connectivity index (χ1) is 7.84. The summed E-state index contributed by atoms with van der Waals surface area (Å²) in [5, 5.41) is 8.78. The number of ketones is 1. The molecule has 1 aromatic rings. The van der Waals surface area contributed by atoms with E-state index in [1.807, 2.05) is 0 Å². The van der Waals surface area contributed by atoms with Crippen molar-refractivity contribution in [3.05, 3.63) is 34.6 Å². The average molecular weight is 259 g/mol. The number of halogens is 2. The van der Waals surface area contributed by atoms with Gasteiger partial charge < -0.3 is 5.11 Å². The SMILES string of the molecule is CC(C)C(C(=O)O)C(=O)c1ccc(F)c(Cl)c1. The molecule has 0 aliphatic rings. The van der Waals surface area contributed by atoms with Crippen molar-refractivity contribution in [1.82, 2.24) is 0 Å². The Kier molecular flexibility index (Phi) is 4.23. The summed E-state index contributed by atoms with van der Waals surface area (Å²) in [6.07, 6.45) is 0. The summed E-state index contributed by atoms with van der Waals surface area (Å²) in [6, 6.07) is 3.44. The highest BCUT2D eigenvalue weighted by Gasteiger charge is 2.30. The molecule has 1 unspecified atom stereocenters. The zero-order valence-corrected chi connectivity index (χ0v) is 10.2. The molecule has 92 valence electrons. The number of hydrogen-bond acceptors (Lipinski definition) is 2. The van der Waals surface area contributed by atoms with Crippen LogP contribution in [-0.2, 0) is 4.79 Å². The van der Waals surface area contributed by atoms with Gasteiger partial charge in [-0.1, -0.05) is 25.4 Å². The summed E-state index contributed by atoms with van der Waals surface area (Å²) in [4.78, 5) is 22.9. The average Bonchev–Trinajstić information content (AvgIpc) is 2.20. The molecule has 0 aliphatic heterocycles. The minimum absolute atomic E-state index is 0.109. The van der Waals surface area contributed by atoms with Crippen molar-refractivity contribution < 1.29 is 19.1 Å². The standard InChI is InChI=1S/C12H12ClFO3/c1-6(2)10(12(16)17)11(15)7-3-4-9(14)8(13)5-7/h3-6,10H,1-2H3,(H,16,17). The van der Waals surface area contributed by atoms with Gasteiger partial charge in [0.15, 0.2) is 5.78 Å². The zero-order chi connectivity index (χ0) is 13.2. The summed E-state index contributed by atoms with van der Waals surface area (Å²) in [7, 11) is 0. The summed E-state index contributed by atoms with van der Waals surface area (Å²) < 4.78 is 12.9. The summed E-state index contributed by atoms with van der Waals surface area (Å²) in [5.41, 5.74) is 0.109. The lowest BCUT2D eigenvalue weighted by molar-refractivity contribution is -0.141. The number of carboxylic acids is 1. The van der Waals surface area contributed by atoms with Gasteiger partial charge in [-0.3, -0.25) is 9.59 Å². The second-order valence-corrected chi connectivity index (χ2v) is 4.46. The fraction of sp³-hybridized carbons (Fsp3) is 0.333. The highest BCUT2D eigenvalue weighted by atomic mass is 35.5.